The molecule has 27 heavy (non-hydrogen) atoms. The van der Waals surface area contributed by atoms with Gasteiger partial charge in [-0.1, -0.05) is 47.7 Å². The van der Waals surface area contributed by atoms with Gasteiger partial charge in [0.15, 0.2) is 0 Å². The van der Waals surface area contributed by atoms with Crippen LogP contribution >= 0.6 is 11.3 Å². The van der Waals surface area contributed by atoms with Crippen LogP contribution in [0.3, 0.4) is 0 Å². The largest absolute Gasteiger partial charge is 0.493 e. The Morgan fingerprint density at radius 1 is 1.07 bits per heavy atom. The topological polar surface area (TPSA) is 79.9 Å². The van der Waals surface area contributed by atoms with Crippen molar-refractivity contribution >= 4 is 33.3 Å². The fourth-order valence-electron chi connectivity index (χ4n) is 2.79. The second kappa shape index (κ2) is 8.01. The number of H-pyrrole nitrogens is 1. The number of aromatic amines is 1. The Hall–Kier alpha value is -3.19. The third-order valence-corrected chi connectivity index (χ3v) is 4.97. The lowest BCUT2D eigenvalue weighted by molar-refractivity contribution is -0.115. The summed E-state index contributed by atoms with van der Waals surface area (Å²) >= 11 is 1.37. The quantitative estimate of drug-likeness (QED) is 0.512. The molecule has 4 rings (SSSR count). The molecule has 0 radical (unpaired) electrons. The highest BCUT2D eigenvalue weighted by molar-refractivity contribution is 7.15. The molecule has 0 spiro atoms. The molecular weight excluding hydrogens is 360 g/mol. The van der Waals surface area contributed by atoms with E-state index in [0.29, 0.717) is 18.2 Å². The van der Waals surface area contributed by atoms with Gasteiger partial charge in [0.2, 0.25) is 11.0 Å². The molecule has 7 heteroatoms. The normalized spacial score (nSPS) is 10.8. The van der Waals surface area contributed by atoms with Crippen molar-refractivity contribution < 1.29 is 9.53 Å². The molecule has 0 bridgehead atoms. The number of aromatic nitrogens is 3. The maximum Gasteiger partial charge on any atom is 0.230 e. The van der Waals surface area contributed by atoms with Crippen molar-refractivity contribution in [3.8, 4) is 5.75 Å². The number of para-hydroxylation sites is 2. The Morgan fingerprint density at radius 2 is 1.89 bits per heavy atom. The minimum atomic E-state index is -0.108. The first-order valence-corrected chi connectivity index (χ1v) is 9.44. The SMILES string of the molecule is O=C(Cc1c[nH]c2ccccc12)Nc1nnc(CCOc2ccccc2)s1. The summed E-state index contributed by atoms with van der Waals surface area (Å²) in [6.07, 6.45) is 2.80. The van der Waals surface area contributed by atoms with Gasteiger partial charge in [-0.25, -0.2) is 0 Å². The highest BCUT2D eigenvalue weighted by Gasteiger charge is 2.11. The van der Waals surface area contributed by atoms with Crippen molar-refractivity contribution in [3.63, 3.8) is 0 Å². The predicted octanol–water partition coefficient (Wildman–Crippen LogP) is 3.82. The van der Waals surface area contributed by atoms with E-state index in [4.69, 9.17) is 4.74 Å². The van der Waals surface area contributed by atoms with Crippen molar-refractivity contribution in [3.05, 3.63) is 71.4 Å². The van der Waals surface area contributed by atoms with Crippen molar-refractivity contribution in [1.29, 1.82) is 0 Å². The van der Waals surface area contributed by atoms with Crippen LogP contribution in [0.25, 0.3) is 10.9 Å². The Balaban J connectivity index is 1.30. The van der Waals surface area contributed by atoms with E-state index < -0.39 is 0 Å². The van der Waals surface area contributed by atoms with Crippen LogP contribution in [0.15, 0.2) is 60.8 Å². The van der Waals surface area contributed by atoms with Crippen molar-refractivity contribution in [2.75, 3.05) is 11.9 Å². The highest BCUT2D eigenvalue weighted by atomic mass is 32.1. The van der Waals surface area contributed by atoms with Crippen LogP contribution in [0.5, 0.6) is 5.75 Å². The number of fused-ring (bicyclic) bond motifs is 1. The minimum absolute atomic E-state index is 0.108. The summed E-state index contributed by atoms with van der Waals surface area (Å²) in [6, 6.07) is 17.6. The van der Waals surface area contributed by atoms with Crippen LogP contribution in [0, 0.1) is 0 Å². The van der Waals surface area contributed by atoms with E-state index in [0.717, 1.165) is 27.2 Å². The second-order valence-corrected chi connectivity index (χ2v) is 7.06. The van der Waals surface area contributed by atoms with E-state index in [-0.39, 0.29) is 12.3 Å². The summed E-state index contributed by atoms with van der Waals surface area (Å²) in [7, 11) is 0. The summed E-state index contributed by atoms with van der Waals surface area (Å²) < 4.78 is 5.66. The second-order valence-electron chi connectivity index (χ2n) is 6.00. The van der Waals surface area contributed by atoms with Crippen LogP contribution in [0.2, 0.25) is 0 Å². The maximum absolute atomic E-state index is 12.3. The Bertz CT molecular complexity index is 1040. The minimum Gasteiger partial charge on any atom is -0.493 e. The van der Waals surface area contributed by atoms with Gasteiger partial charge in [0.25, 0.3) is 0 Å². The lowest BCUT2D eigenvalue weighted by Gasteiger charge is -2.03. The van der Waals surface area contributed by atoms with Crippen LogP contribution in [-0.4, -0.2) is 27.7 Å². The summed E-state index contributed by atoms with van der Waals surface area (Å²) in [6.45, 7) is 0.516. The zero-order chi connectivity index (χ0) is 18.5. The van der Waals surface area contributed by atoms with Crippen molar-refractivity contribution in [2.24, 2.45) is 0 Å². The van der Waals surface area contributed by atoms with Gasteiger partial charge in [0.05, 0.1) is 13.0 Å². The van der Waals surface area contributed by atoms with Crippen molar-refractivity contribution in [2.45, 2.75) is 12.8 Å². The molecule has 0 aliphatic heterocycles. The number of hydrogen-bond donors (Lipinski definition) is 2. The Morgan fingerprint density at radius 3 is 2.78 bits per heavy atom. The van der Waals surface area contributed by atoms with E-state index in [2.05, 4.69) is 20.5 Å². The number of anilines is 1. The molecule has 136 valence electrons. The fraction of sp³-hybridized carbons (Fsp3) is 0.150. The van der Waals surface area contributed by atoms with E-state index in [9.17, 15) is 4.79 Å². The van der Waals surface area contributed by atoms with E-state index in [1.807, 2.05) is 60.8 Å². The van der Waals surface area contributed by atoms with E-state index in [1.165, 1.54) is 11.3 Å². The third-order valence-electron chi connectivity index (χ3n) is 4.07. The molecule has 2 heterocycles. The molecule has 6 nitrogen and oxygen atoms in total. The summed E-state index contributed by atoms with van der Waals surface area (Å²) in [5.74, 6) is 0.720. The smallest absolute Gasteiger partial charge is 0.230 e. The number of hydrogen-bond acceptors (Lipinski definition) is 5. The van der Waals surface area contributed by atoms with E-state index >= 15 is 0 Å². The molecule has 0 saturated heterocycles. The molecule has 0 fully saturated rings. The molecule has 4 aromatic rings. The first-order chi connectivity index (χ1) is 13.3. The first-order valence-electron chi connectivity index (χ1n) is 8.63. The van der Waals surface area contributed by atoms with Gasteiger partial charge in [-0.3, -0.25) is 4.79 Å². The zero-order valence-electron chi connectivity index (χ0n) is 14.5. The average Bonchev–Trinajstić information content (AvgIpc) is 3.30. The molecular formula is C20H18N4O2S. The van der Waals surface area contributed by atoms with Crippen LogP contribution in [0.1, 0.15) is 10.6 Å². The van der Waals surface area contributed by atoms with Crippen LogP contribution in [0.4, 0.5) is 5.13 Å². The number of nitrogens with one attached hydrogen (secondary N) is 2. The fourth-order valence-corrected chi connectivity index (χ4v) is 3.53. The average molecular weight is 378 g/mol. The number of benzene rings is 2. The highest BCUT2D eigenvalue weighted by Crippen LogP contribution is 2.20. The van der Waals surface area contributed by atoms with E-state index in [1.54, 1.807) is 0 Å². The zero-order valence-corrected chi connectivity index (χ0v) is 15.3. The van der Waals surface area contributed by atoms with Gasteiger partial charge < -0.3 is 15.0 Å². The molecule has 2 aromatic heterocycles. The molecule has 2 N–H and O–H groups in total. The molecule has 0 saturated carbocycles. The summed E-state index contributed by atoms with van der Waals surface area (Å²) in [5, 5.41) is 13.4. The Kier molecular flexibility index (Phi) is 5.11. The molecule has 1 amide bonds. The summed E-state index contributed by atoms with van der Waals surface area (Å²) in [4.78, 5) is 15.5. The number of carbonyl (C=O) groups excluding carboxylic acids is 1. The predicted molar refractivity (Wildman–Crippen MR) is 106 cm³/mol. The maximum atomic E-state index is 12.3. The summed E-state index contributed by atoms with van der Waals surface area (Å²) in [5.41, 5.74) is 1.99. The lowest BCUT2D eigenvalue weighted by atomic mass is 10.1. The Labute approximate surface area is 160 Å². The van der Waals surface area contributed by atoms with Crippen LogP contribution < -0.4 is 10.1 Å². The molecule has 0 atom stereocenters. The molecule has 0 aliphatic carbocycles. The number of rotatable bonds is 7. The first kappa shape index (κ1) is 17.2. The van der Waals surface area contributed by atoms with Gasteiger partial charge in [-0.2, -0.15) is 0 Å². The van der Waals surface area contributed by atoms with Gasteiger partial charge in [-0.05, 0) is 23.8 Å². The third kappa shape index (κ3) is 4.32. The van der Waals surface area contributed by atoms with Gasteiger partial charge in [0, 0.05) is 23.5 Å². The molecule has 0 unspecified atom stereocenters. The van der Waals surface area contributed by atoms with Crippen molar-refractivity contribution in [1.82, 2.24) is 15.2 Å². The monoisotopic (exact) mass is 378 g/mol. The van der Waals surface area contributed by atoms with Crippen LogP contribution in [-0.2, 0) is 17.6 Å². The lowest BCUT2D eigenvalue weighted by Crippen LogP contribution is -2.14. The molecule has 2 aromatic carbocycles. The number of nitrogens with zero attached hydrogens (tertiary/aromatic N) is 2. The number of ether oxygens (including phenoxy) is 1. The number of amides is 1. The molecule has 0 aliphatic rings. The van der Waals surface area contributed by atoms with Gasteiger partial charge >= 0.3 is 0 Å². The number of carbonyl (C=O) groups is 1. The standard InChI is InChI=1S/C20H18N4O2S/c25-18(12-14-13-21-17-9-5-4-8-16(14)17)22-20-24-23-19(27-20)10-11-26-15-6-2-1-3-7-15/h1-9,13,21H,10-12H2,(H,22,24,25). The van der Waals surface area contributed by atoms with Gasteiger partial charge in [-0.15, -0.1) is 10.2 Å². The van der Waals surface area contributed by atoms with Gasteiger partial charge in [0.1, 0.15) is 10.8 Å².